The van der Waals surface area contributed by atoms with E-state index in [2.05, 4.69) is 23.5 Å². The van der Waals surface area contributed by atoms with Gasteiger partial charge in [-0.05, 0) is 48.9 Å². The molecule has 0 saturated heterocycles. The van der Waals surface area contributed by atoms with Gasteiger partial charge in [-0.2, -0.15) is 5.26 Å². The van der Waals surface area contributed by atoms with Crippen LogP contribution in [0.25, 0.3) is 0 Å². The summed E-state index contributed by atoms with van der Waals surface area (Å²) in [5.74, 6) is 1.70. The zero-order valence-corrected chi connectivity index (χ0v) is 11.7. The van der Waals surface area contributed by atoms with Gasteiger partial charge in [-0.3, -0.25) is 0 Å². The Morgan fingerprint density at radius 1 is 1.20 bits per heavy atom. The molecule has 0 amide bonds. The Morgan fingerprint density at radius 3 is 2.75 bits per heavy atom. The van der Waals surface area contributed by atoms with Crippen LogP contribution in [0.1, 0.15) is 24.8 Å². The zero-order valence-electron chi connectivity index (χ0n) is 11.7. The van der Waals surface area contributed by atoms with E-state index < -0.39 is 0 Å². The summed E-state index contributed by atoms with van der Waals surface area (Å²) in [5, 5.41) is 12.3. The smallest absolute Gasteiger partial charge is 0.161 e. The molecule has 20 heavy (non-hydrogen) atoms. The lowest BCUT2D eigenvalue weighted by atomic mass is 10.0. The van der Waals surface area contributed by atoms with Crippen LogP contribution in [-0.4, -0.2) is 26.3 Å². The van der Waals surface area contributed by atoms with Crippen LogP contribution >= 0.6 is 0 Å². The summed E-state index contributed by atoms with van der Waals surface area (Å²) in [7, 11) is 0. The van der Waals surface area contributed by atoms with Gasteiger partial charge < -0.3 is 14.8 Å². The molecule has 1 saturated carbocycles. The summed E-state index contributed by atoms with van der Waals surface area (Å²) in [6.07, 6.45) is 4.04. The maximum Gasteiger partial charge on any atom is 0.161 e. The quantitative estimate of drug-likeness (QED) is 0.807. The molecule has 106 valence electrons. The Hall–Kier alpha value is -1.73. The molecule has 1 aromatic rings. The van der Waals surface area contributed by atoms with E-state index in [0.717, 1.165) is 31.0 Å². The van der Waals surface area contributed by atoms with Crippen LogP contribution in [0, 0.1) is 16.7 Å². The molecule has 1 heterocycles. The molecule has 1 aliphatic carbocycles. The number of rotatable bonds is 6. The van der Waals surface area contributed by atoms with Crippen LogP contribution < -0.4 is 14.8 Å². The maximum atomic E-state index is 8.79. The minimum absolute atomic E-state index is 0.279. The van der Waals surface area contributed by atoms with Crippen molar-refractivity contribution in [3.63, 3.8) is 0 Å². The molecule has 1 aliphatic heterocycles. The fourth-order valence-electron chi connectivity index (χ4n) is 2.59. The average molecular weight is 272 g/mol. The van der Waals surface area contributed by atoms with Crippen molar-refractivity contribution in [3.05, 3.63) is 23.8 Å². The lowest BCUT2D eigenvalue weighted by Gasteiger charge is -2.19. The highest BCUT2D eigenvalue weighted by Gasteiger charge is 2.41. The molecule has 0 bridgehead atoms. The van der Waals surface area contributed by atoms with Crippen molar-refractivity contribution in [3.8, 4) is 17.6 Å². The minimum atomic E-state index is 0.279. The highest BCUT2D eigenvalue weighted by molar-refractivity contribution is 5.43. The van der Waals surface area contributed by atoms with E-state index in [1.165, 1.54) is 18.4 Å². The first-order chi connectivity index (χ1) is 9.81. The number of ether oxygens (including phenoxy) is 2. The van der Waals surface area contributed by atoms with Gasteiger partial charge in [0.05, 0.1) is 6.07 Å². The number of nitriles is 1. The van der Waals surface area contributed by atoms with Gasteiger partial charge in [0.1, 0.15) is 13.2 Å². The fraction of sp³-hybridized carbons (Fsp3) is 0.562. The standard InChI is InChI=1S/C16H20N2O2/c17-7-6-16(4-5-16)12-18-8-3-13-1-2-14-15(11-13)20-10-9-19-14/h1-2,11,18H,3-6,8-10,12H2. The highest BCUT2D eigenvalue weighted by Crippen LogP contribution is 2.47. The number of fused-ring (bicyclic) bond motifs is 1. The number of hydrogen-bond donors (Lipinski definition) is 1. The van der Waals surface area contributed by atoms with Crippen molar-refractivity contribution in [1.82, 2.24) is 5.32 Å². The molecular formula is C16H20N2O2. The summed E-state index contributed by atoms with van der Waals surface area (Å²) in [4.78, 5) is 0. The van der Waals surface area contributed by atoms with Crippen molar-refractivity contribution in [2.45, 2.75) is 25.7 Å². The van der Waals surface area contributed by atoms with Gasteiger partial charge in [-0.15, -0.1) is 0 Å². The number of hydrogen-bond acceptors (Lipinski definition) is 4. The third kappa shape index (κ3) is 3.05. The SMILES string of the molecule is N#CCC1(CNCCc2ccc3c(c2)OCCO3)CC1. The van der Waals surface area contributed by atoms with Gasteiger partial charge >= 0.3 is 0 Å². The first kappa shape index (κ1) is 13.3. The molecule has 4 heteroatoms. The Bertz CT molecular complexity index is 518. The van der Waals surface area contributed by atoms with Crippen molar-refractivity contribution in [2.75, 3.05) is 26.3 Å². The van der Waals surface area contributed by atoms with E-state index in [1.807, 2.05) is 6.07 Å². The van der Waals surface area contributed by atoms with Crippen LogP contribution in [0.15, 0.2) is 18.2 Å². The summed E-state index contributed by atoms with van der Waals surface area (Å²) in [6, 6.07) is 8.44. The van der Waals surface area contributed by atoms with Crippen molar-refractivity contribution in [1.29, 1.82) is 5.26 Å². The van der Waals surface area contributed by atoms with E-state index in [4.69, 9.17) is 14.7 Å². The second-order valence-electron chi connectivity index (χ2n) is 5.74. The number of nitrogens with one attached hydrogen (secondary N) is 1. The van der Waals surface area contributed by atoms with E-state index in [1.54, 1.807) is 0 Å². The van der Waals surface area contributed by atoms with Crippen LogP contribution in [0.5, 0.6) is 11.5 Å². The van der Waals surface area contributed by atoms with Gasteiger partial charge in [0, 0.05) is 13.0 Å². The largest absolute Gasteiger partial charge is 0.486 e. The van der Waals surface area contributed by atoms with Gasteiger partial charge in [-0.1, -0.05) is 6.07 Å². The van der Waals surface area contributed by atoms with Gasteiger partial charge in [-0.25, -0.2) is 0 Å². The van der Waals surface area contributed by atoms with Crippen molar-refractivity contribution < 1.29 is 9.47 Å². The van der Waals surface area contributed by atoms with Gasteiger partial charge in [0.25, 0.3) is 0 Å². The maximum absolute atomic E-state index is 8.79. The predicted molar refractivity (Wildman–Crippen MR) is 75.9 cm³/mol. The van der Waals surface area contributed by atoms with E-state index in [9.17, 15) is 0 Å². The molecular weight excluding hydrogens is 252 g/mol. The third-order valence-corrected chi connectivity index (χ3v) is 4.11. The van der Waals surface area contributed by atoms with Crippen LogP contribution in [0.3, 0.4) is 0 Å². The summed E-state index contributed by atoms with van der Waals surface area (Å²) >= 11 is 0. The second kappa shape index (κ2) is 5.72. The van der Waals surface area contributed by atoms with E-state index in [-0.39, 0.29) is 5.41 Å². The lowest BCUT2D eigenvalue weighted by Crippen LogP contribution is -2.25. The second-order valence-corrected chi connectivity index (χ2v) is 5.74. The number of nitrogens with zero attached hydrogens (tertiary/aromatic N) is 1. The molecule has 0 unspecified atom stereocenters. The monoisotopic (exact) mass is 272 g/mol. The molecule has 0 radical (unpaired) electrons. The highest BCUT2D eigenvalue weighted by atomic mass is 16.6. The van der Waals surface area contributed by atoms with Crippen molar-refractivity contribution >= 4 is 0 Å². The molecule has 0 spiro atoms. The van der Waals surface area contributed by atoms with Gasteiger partial charge in [0.15, 0.2) is 11.5 Å². The molecule has 2 aliphatic rings. The van der Waals surface area contributed by atoms with Crippen LogP contribution in [-0.2, 0) is 6.42 Å². The molecule has 4 nitrogen and oxygen atoms in total. The Morgan fingerprint density at radius 2 is 2.00 bits per heavy atom. The lowest BCUT2D eigenvalue weighted by molar-refractivity contribution is 0.171. The third-order valence-electron chi connectivity index (χ3n) is 4.11. The first-order valence-corrected chi connectivity index (χ1v) is 7.28. The predicted octanol–water partition coefficient (Wildman–Crippen LogP) is 2.28. The van der Waals surface area contributed by atoms with Crippen LogP contribution in [0.4, 0.5) is 0 Å². The Kier molecular flexibility index (Phi) is 3.79. The van der Waals surface area contributed by atoms with E-state index in [0.29, 0.717) is 19.6 Å². The Labute approximate surface area is 119 Å². The minimum Gasteiger partial charge on any atom is -0.486 e. The molecule has 3 rings (SSSR count). The topological polar surface area (TPSA) is 54.3 Å². The zero-order chi connectivity index (χ0) is 13.8. The Balaban J connectivity index is 1.46. The molecule has 1 N–H and O–H groups in total. The molecule has 0 atom stereocenters. The first-order valence-electron chi connectivity index (χ1n) is 7.28. The van der Waals surface area contributed by atoms with Crippen LogP contribution in [0.2, 0.25) is 0 Å². The number of benzene rings is 1. The normalized spacial score (nSPS) is 18.4. The summed E-state index contributed by atoms with van der Waals surface area (Å²) < 4.78 is 11.1. The molecule has 0 aromatic heterocycles. The van der Waals surface area contributed by atoms with Crippen molar-refractivity contribution in [2.24, 2.45) is 5.41 Å². The molecule has 1 fully saturated rings. The summed E-state index contributed by atoms with van der Waals surface area (Å²) in [5.41, 5.74) is 1.54. The van der Waals surface area contributed by atoms with Gasteiger partial charge in [0.2, 0.25) is 0 Å². The van der Waals surface area contributed by atoms with E-state index >= 15 is 0 Å². The average Bonchev–Trinajstić information content (AvgIpc) is 3.24. The fourth-order valence-corrected chi connectivity index (χ4v) is 2.59. The summed E-state index contributed by atoms with van der Waals surface area (Å²) in [6.45, 7) is 3.16. The molecule has 1 aromatic carbocycles.